The van der Waals surface area contributed by atoms with Gasteiger partial charge < -0.3 is 15.0 Å². The first-order valence-corrected chi connectivity index (χ1v) is 13.8. The number of carbonyl (C=O) groups is 2. The van der Waals surface area contributed by atoms with E-state index in [9.17, 15) is 18.0 Å². The molecule has 1 saturated heterocycles. The largest absolute Gasteiger partial charge is 0.479 e. The zero-order valence-corrected chi connectivity index (χ0v) is 21.6. The summed E-state index contributed by atoms with van der Waals surface area (Å²) in [5, 5.41) is 2.85. The van der Waals surface area contributed by atoms with Gasteiger partial charge in [-0.2, -0.15) is 4.31 Å². The Hall–Kier alpha value is -3.69. The van der Waals surface area contributed by atoms with Gasteiger partial charge in [-0.15, -0.1) is 0 Å². The first kappa shape index (κ1) is 25.0. The number of carbonyl (C=O) groups excluding carboxylic acids is 2. The summed E-state index contributed by atoms with van der Waals surface area (Å²) in [5.74, 6) is 0.0242. The van der Waals surface area contributed by atoms with Gasteiger partial charge in [0.1, 0.15) is 5.75 Å². The van der Waals surface area contributed by atoms with Gasteiger partial charge in [0.2, 0.25) is 10.0 Å². The van der Waals surface area contributed by atoms with Crippen LogP contribution in [-0.2, 0) is 21.4 Å². The second-order valence-corrected chi connectivity index (χ2v) is 11.3. The van der Waals surface area contributed by atoms with E-state index >= 15 is 0 Å². The highest BCUT2D eigenvalue weighted by Gasteiger charge is 2.32. The van der Waals surface area contributed by atoms with Gasteiger partial charge in [0.15, 0.2) is 6.10 Å². The molecule has 2 amide bonds. The predicted octanol–water partition coefficient (Wildman–Crippen LogP) is 4.35. The van der Waals surface area contributed by atoms with Crippen molar-refractivity contribution < 1.29 is 22.7 Å². The smallest absolute Gasteiger partial charge is 0.268 e. The van der Waals surface area contributed by atoms with Crippen LogP contribution in [0.4, 0.5) is 11.4 Å². The molecule has 1 unspecified atom stereocenters. The van der Waals surface area contributed by atoms with Gasteiger partial charge in [-0.05, 0) is 80.3 Å². The van der Waals surface area contributed by atoms with Crippen LogP contribution in [0.3, 0.4) is 0 Å². The molecular formula is C28H29N3O5S. The average Bonchev–Trinajstić information content (AvgIpc) is 3.44. The molecule has 0 aromatic heterocycles. The lowest BCUT2D eigenvalue weighted by atomic mass is 10.1. The summed E-state index contributed by atoms with van der Waals surface area (Å²) in [6, 6.07) is 19.0. The van der Waals surface area contributed by atoms with E-state index in [1.807, 2.05) is 31.2 Å². The van der Waals surface area contributed by atoms with Crippen molar-refractivity contribution in [2.24, 2.45) is 0 Å². The first-order chi connectivity index (χ1) is 17.7. The van der Waals surface area contributed by atoms with Gasteiger partial charge in [0.05, 0.1) is 17.1 Å². The molecule has 0 spiro atoms. The summed E-state index contributed by atoms with van der Waals surface area (Å²) in [4.78, 5) is 27.8. The number of hydrogen-bond donors (Lipinski definition) is 1. The molecule has 0 radical (unpaired) electrons. The molecule has 37 heavy (non-hydrogen) atoms. The summed E-state index contributed by atoms with van der Waals surface area (Å²) < 4.78 is 32.8. The minimum absolute atomic E-state index is 0.158. The first-order valence-electron chi connectivity index (χ1n) is 12.3. The third kappa shape index (κ3) is 4.97. The average molecular weight is 520 g/mol. The Morgan fingerprint density at radius 2 is 1.73 bits per heavy atom. The molecule has 2 heterocycles. The molecule has 0 aliphatic carbocycles. The number of nitrogens with one attached hydrogen (secondary N) is 1. The summed E-state index contributed by atoms with van der Waals surface area (Å²) in [6.45, 7) is 5.16. The molecule has 5 rings (SSSR count). The van der Waals surface area contributed by atoms with Crippen LogP contribution in [0.1, 0.15) is 41.3 Å². The van der Waals surface area contributed by atoms with Crippen LogP contribution in [0.15, 0.2) is 71.6 Å². The SMILES string of the molecule is Cc1ccccc1CN1C(=O)C(C)Oc2ccc(NC(=O)c3ccc(S(=O)(=O)N4CCCC4)cc3)cc21. The predicted molar refractivity (Wildman–Crippen MR) is 141 cm³/mol. The molecule has 2 aliphatic rings. The van der Waals surface area contributed by atoms with Crippen molar-refractivity contribution in [2.45, 2.75) is 44.2 Å². The van der Waals surface area contributed by atoms with E-state index in [0.717, 1.165) is 24.0 Å². The molecule has 3 aromatic rings. The van der Waals surface area contributed by atoms with Crippen LogP contribution in [0.25, 0.3) is 0 Å². The fourth-order valence-electron chi connectivity index (χ4n) is 4.66. The third-order valence-corrected chi connectivity index (χ3v) is 8.75. The van der Waals surface area contributed by atoms with Gasteiger partial charge in [0, 0.05) is 24.3 Å². The van der Waals surface area contributed by atoms with E-state index < -0.39 is 16.1 Å². The number of rotatable bonds is 6. The fraction of sp³-hybridized carbons (Fsp3) is 0.286. The van der Waals surface area contributed by atoms with Crippen molar-refractivity contribution in [2.75, 3.05) is 23.3 Å². The molecule has 8 nitrogen and oxygen atoms in total. The Labute approximate surface area is 216 Å². The molecule has 0 saturated carbocycles. The molecule has 1 fully saturated rings. The molecule has 9 heteroatoms. The normalized spacial score (nSPS) is 17.8. The number of aryl methyl sites for hydroxylation is 1. The lowest BCUT2D eigenvalue weighted by Gasteiger charge is -2.33. The number of amides is 2. The summed E-state index contributed by atoms with van der Waals surface area (Å²) in [5.41, 5.74) is 3.51. The van der Waals surface area contributed by atoms with Crippen LogP contribution < -0.4 is 15.0 Å². The van der Waals surface area contributed by atoms with E-state index in [0.29, 0.717) is 42.3 Å². The lowest BCUT2D eigenvalue weighted by Crippen LogP contribution is -2.44. The van der Waals surface area contributed by atoms with Crippen LogP contribution in [0.2, 0.25) is 0 Å². The van der Waals surface area contributed by atoms with Gasteiger partial charge in [-0.1, -0.05) is 24.3 Å². The molecular weight excluding hydrogens is 490 g/mol. The number of anilines is 2. The van der Waals surface area contributed by atoms with Gasteiger partial charge >= 0.3 is 0 Å². The number of ether oxygens (including phenoxy) is 1. The van der Waals surface area contributed by atoms with Crippen LogP contribution >= 0.6 is 0 Å². The zero-order valence-electron chi connectivity index (χ0n) is 20.8. The molecule has 2 aliphatic heterocycles. The maximum absolute atomic E-state index is 13.0. The molecule has 1 N–H and O–H groups in total. The number of nitrogens with zero attached hydrogens (tertiary/aromatic N) is 2. The van der Waals surface area contributed by atoms with Crippen molar-refractivity contribution in [3.63, 3.8) is 0 Å². The van der Waals surface area contributed by atoms with E-state index in [1.165, 1.54) is 28.6 Å². The van der Waals surface area contributed by atoms with E-state index in [2.05, 4.69) is 5.32 Å². The maximum Gasteiger partial charge on any atom is 0.268 e. The molecule has 192 valence electrons. The van der Waals surface area contributed by atoms with Crippen molar-refractivity contribution in [1.29, 1.82) is 0 Å². The van der Waals surface area contributed by atoms with Crippen LogP contribution in [0, 0.1) is 6.92 Å². The summed E-state index contributed by atoms with van der Waals surface area (Å²) in [7, 11) is -3.54. The van der Waals surface area contributed by atoms with Gasteiger partial charge in [0.25, 0.3) is 11.8 Å². The highest BCUT2D eigenvalue weighted by atomic mass is 32.2. The molecule has 0 bridgehead atoms. The highest BCUT2D eigenvalue weighted by Crippen LogP contribution is 2.37. The Kier molecular flexibility index (Phi) is 6.74. The van der Waals surface area contributed by atoms with E-state index in [1.54, 1.807) is 30.0 Å². The maximum atomic E-state index is 13.0. The molecule has 3 aromatic carbocycles. The van der Waals surface area contributed by atoms with Crippen molar-refractivity contribution in [3.05, 3.63) is 83.4 Å². The topological polar surface area (TPSA) is 96.0 Å². The Balaban J connectivity index is 1.36. The fourth-order valence-corrected chi connectivity index (χ4v) is 6.18. The van der Waals surface area contributed by atoms with Crippen molar-refractivity contribution >= 4 is 33.2 Å². The van der Waals surface area contributed by atoms with E-state index in [4.69, 9.17) is 4.74 Å². The monoisotopic (exact) mass is 519 g/mol. The second-order valence-electron chi connectivity index (χ2n) is 9.38. The van der Waals surface area contributed by atoms with Crippen molar-refractivity contribution in [3.8, 4) is 5.75 Å². The zero-order chi connectivity index (χ0) is 26.2. The number of fused-ring (bicyclic) bond motifs is 1. The van der Waals surface area contributed by atoms with Crippen LogP contribution in [-0.4, -0.2) is 43.7 Å². The summed E-state index contributed by atoms with van der Waals surface area (Å²) >= 11 is 0. The summed E-state index contributed by atoms with van der Waals surface area (Å²) in [6.07, 6.45) is 1.10. The molecule has 1 atom stereocenters. The Morgan fingerprint density at radius 3 is 2.43 bits per heavy atom. The van der Waals surface area contributed by atoms with Gasteiger partial charge in [-0.3, -0.25) is 9.59 Å². The standard InChI is InChI=1S/C28H29N3O5S/c1-19-7-3-4-8-22(19)18-31-25-17-23(11-14-26(25)36-20(2)28(31)33)29-27(32)21-9-12-24(13-10-21)37(34,35)30-15-5-6-16-30/h3-4,7-14,17,20H,5-6,15-16,18H2,1-2H3,(H,29,32). The Morgan fingerprint density at radius 1 is 1.03 bits per heavy atom. The minimum Gasteiger partial charge on any atom is -0.479 e. The minimum atomic E-state index is -3.54. The quantitative estimate of drug-likeness (QED) is 0.523. The number of hydrogen-bond acceptors (Lipinski definition) is 5. The lowest BCUT2D eigenvalue weighted by molar-refractivity contribution is -0.125. The second kappa shape index (κ2) is 9.99. The highest BCUT2D eigenvalue weighted by molar-refractivity contribution is 7.89. The van der Waals surface area contributed by atoms with Gasteiger partial charge in [-0.25, -0.2) is 8.42 Å². The van der Waals surface area contributed by atoms with E-state index in [-0.39, 0.29) is 16.7 Å². The van der Waals surface area contributed by atoms with Crippen LogP contribution in [0.5, 0.6) is 5.75 Å². The number of sulfonamides is 1. The third-order valence-electron chi connectivity index (χ3n) is 6.83. The number of benzene rings is 3. The van der Waals surface area contributed by atoms with Crippen molar-refractivity contribution in [1.82, 2.24) is 4.31 Å². The Bertz CT molecular complexity index is 1450.